The zero-order valence-electron chi connectivity index (χ0n) is 29.5. The van der Waals surface area contributed by atoms with Crippen LogP contribution in [0.2, 0.25) is 36.3 Å². The number of aryl methyl sites for hydroxylation is 1. The first-order valence-corrected chi connectivity index (χ1v) is 23.0. The predicted molar refractivity (Wildman–Crippen MR) is 182 cm³/mol. The summed E-state index contributed by atoms with van der Waals surface area (Å²) in [6.07, 6.45) is -0.931. The number of carbonyl (C=O) groups is 1. The summed E-state index contributed by atoms with van der Waals surface area (Å²) < 4.78 is 54.4. The fourth-order valence-electron chi connectivity index (χ4n) is 5.03. The lowest BCUT2D eigenvalue weighted by Gasteiger charge is -2.43. The van der Waals surface area contributed by atoms with Crippen LogP contribution in [0, 0.1) is 6.92 Å². The standard InChI is InChI=1S/C30H54N4O9SSi2/c1-20-17-34(27(37)33(25(20)36)16-14-13-15-23(35)32-8)26-24(42-46(11,12)29(5,6)7)30(21(31)19-44(38,39)43-30)22(41-26)18-40-45(9,10)28(2,3)4/h17,19,22,24,26H,13-16,18,31H2,1-12H3,(H,32,35)/t22?,24-,26+,30?/m0/s1. The first-order chi connectivity index (χ1) is 20.8. The maximum absolute atomic E-state index is 14.1. The van der Waals surface area contributed by atoms with Crippen molar-refractivity contribution in [1.29, 1.82) is 0 Å². The lowest BCUT2D eigenvalue weighted by molar-refractivity contribution is -0.120. The summed E-state index contributed by atoms with van der Waals surface area (Å²) in [5, 5.41) is 2.95. The van der Waals surface area contributed by atoms with E-state index in [0.29, 0.717) is 12.8 Å². The fraction of sp³-hybridized carbons (Fsp3) is 0.767. The molecular weight excluding hydrogens is 649 g/mol. The molecule has 4 atom stereocenters. The van der Waals surface area contributed by atoms with Gasteiger partial charge in [0.15, 0.2) is 28.5 Å². The van der Waals surface area contributed by atoms with Crippen molar-refractivity contribution >= 4 is 32.7 Å². The van der Waals surface area contributed by atoms with Crippen LogP contribution < -0.4 is 22.3 Å². The summed E-state index contributed by atoms with van der Waals surface area (Å²) in [5.74, 6) is -0.132. The van der Waals surface area contributed by atoms with E-state index >= 15 is 0 Å². The largest absolute Gasteiger partial charge is 0.414 e. The molecule has 1 amide bonds. The number of carbonyl (C=O) groups excluding carboxylic acids is 1. The number of hydrogen-bond donors (Lipinski definition) is 2. The Bertz CT molecular complexity index is 1570. The van der Waals surface area contributed by atoms with Crippen LogP contribution >= 0.6 is 0 Å². The van der Waals surface area contributed by atoms with Gasteiger partial charge in [0, 0.05) is 31.8 Å². The lowest BCUT2D eigenvalue weighted by atomic mass is 9.89. The molecule has 262 valence electrons. The molecule has 13 nitrogen and oxygen atoms in total. The van der Waals surface area contributed by atoms with Gasteiger partial charge in [0.05, 0.1) is 17.7 Å². The molecule has 16 heteroatoms. The summed E-state index contributed by atoms with van der Waals surface area (Å²) >= 11 is 0. The van der Waals surface area contributed by atoms with Crippen LogP contribution in [0.1, 0.15) is 72.6 Å². The van der Waals surface area contributed by atoms with Gasteiger partial charge in [0.25, 0.3) is 15.7 Å². The molecular formula is C30H54N4O9SSi2. The van der Waals surface area contributed by atoms with E-state index in [-0.39, 0.29) is 46.8 Å². The Morgan fingerprint density at radius 1 is 1.07 bits per heavy atom. The summed E-state index contributed by atoms with van der Waals surface area (Å²) in [5.41, 5.74) is 3.78. The second kappa shape index (κ2) is 13.1. The van der Waals surface area contributed by atoms with Crippen LogP contribution in [-0.4, -0.2) is 71.6 Å². The highest BCUT2D eigenvalue weighted by atomic mass is 32.2. The molecule has 2 aliphatic rings. The van der Waals surface area contributed by atoms with Crippen LogP contribution in [0.4, 0.5) is 0 Å². The molecule has 46 heavy (non-hydrogen) atoms. The van der Waals surface area contributed by atoms with Crippen molar-refractivity contribution < 1.29 is 31.0 Å². The van der Waals surface area contributed by atoms with E-state index in [4.69, 9.17) is 23.5 Å². The molecule has 1 aromatic rings. The van der Waals surface area contributed by atoms with Crippen LogP contribution in [-0.2, 0) is 39.2 Å². The van der Waals surface area contributed by atoms with Gasteiger partial charge in [-0.1, -0.05) is 41.5 Å². The first kappa shape index (κ1) is 38.4. The number of hydrogen-bond acceptors (Lipinski definition) is 10. The molecule has 3 rings (SSSR count). The highest BCUT2D eigenvalue weighted by Crippen LogP contribution is 2.52. The maximum Gasteiger partial charge on any atom is 0.333 e. The molecule has 3 heterocycles. The molecule has 1 fully saturated rings. The van der Waals surface area contributed by atoms with Gasteiger partial charge in [-0.05, 0) is 56.0 Å². The number of nitrogens with two attached hydrogens (primary N) is 1. The summed E-state index contributed by atoms with van der Waals surface area (Å²) in [6, 6.07) is 0. The van der Waals surface area contributed by atoms with Gasteiger partial charge in [0.2, 0.25) is 5.91 Å². The summed E-state index contributed by atoms with van der Waals surface area (Å²) in [4.78, 5) is 39.0. The highest BCUT2D eigenvalue weighted by molar-refractivity contribution is 7.90. The van der Waals surface area contributed by atoms with Crippen LogP contribution in [0.5, 0.6) is 0 Å². The molecule has 2 aliphatic heterocycles. The fourth-order valence-corrected chi connectivity index (χ4v) is 8.54. The number of aromatic nitrogens is 2. The number of nitrogens with zero attached hydrogens (tertiary/aromatic N) is 2. The van der Waals surface area contributed by atoms with Crippen molar-refractivity contribution in [2.45, 2.75) is 135 Å². The Balaban J connectivity index is 2.22. The van der Waals surface area contributed by atoms with Gasteiger partial charge in [-0.15, -0.1) is 0 Å². The van der Waals surface area contributed by atoms with E-state index in [0.717, 1.165) is 9.98 Å². The van der Waals surface area contributed by atoms with E-state index < -0.39 is 62.0 Å². The predicted octanol–water partition coefficient (Wildman–Crippen LogP) is 3.44. The van der Waals surface area contributed by atoms with E-state index in [1.54, 1.807) is 14.0 Å². The lowest BCUT2D eigenvalue weighted by Crippen LogP contribution is -2.59. The Morgan fingerprint density at radius 2 is 1.65 bits per heavy atom. The number of rotatable bonds is 11. The molecule has 0 radical (unpaired) electrons. The minimum absolute atomic E-state index is 0.0682. The molecule has 3 N–H and O–H groups in total. The minimum atomic E-state index is -4.24. The van der Waals surface area contributed by atoms with Crippen molar-refractivity contribution in [3.05, 3.63) is 43.7 Å². The zero-order valence-corrected chi connectivity index (χ0v) is 32.3. The van der Waals surface area contributed by atoms with E-state index in [1.165, 1.54) is 10.8 Å². The van der Waals surface area contributed by atoms with Crippen molar-refractivity contribution in [2.75, 3.05) is 13.7 Å². The number of nitrogens with one attached hydrogen (secondary N) is 1. The number of ether oxygens (including phenoxy) is 1. The zero-order chi connectivity index (χ0) is 35.3. The second-order valence-electron chi connectivity index (χ2n) is 15.4. The molecule has 2 unspecified atom stereocenters. The molecule has 0 bridgehead atoms. The topological polar surface area (TPSA) is 170 Å². The third-order valence-corrected chi connectivity index (χ3v) is 20.0. The molecule has 0 saturated carbocycles. The number of amides is 1. The van der Waals surface area contributed by atoms with Gasteiger partial charge < -0.3 is 24.6 Å². The molecule has 1 aromatic heterocycles. The Morgan fingerprint density at radius 3 is 2.15 bits per heavy atom. The van der Waals surface area contributed by atoms with Crippen LogP contribution in [0.3, 0.4) is 0 Å². The molecule has 0 aliphatic carbocycles. The molecule has 0 aromatic carbocycles. The summed E-state index contributed by atoms with van der Waals surface area (Å²) in [6.45, 7) is 22.1. The maximum atomic E-state index is 14.1. The average Bonchev–Trinajstić information content (AvgIpc) is 3.33. The number of unbranched alkanes of at least 4 members (excludes halogenated alkanes) is 1. The van der Waals surface area contributed by atoms with Crippen LogP contribution in [0.25, 0.3) is 0 Å². The Hall–Kier alpha value is -2.09. The summed E-state index contributed by atoms with van der Waals surface area (Å²) in [7, 11) is -7.79. The second-order valence-corrected chi connectivity index (χ2v) is 26.4. The average molecular weight is 703 g/mol. The Labute approximate surface area is 275 Å². The van der Waals surface area contributed by atoms with E-state index in [1.807, 2.05) is 33.9 Å². The smallest absolute Gasteiger partial charge is 0.333 e. The highest BCUT2D eigenvalue weighted by Gasteiger charge is 2.67. The monoisotopic (exact) mass is 702 g/mol. The van der Waals surface area contributed by atoms with Crippen molar-refractivity contribution in [2.24, 2.45) is 5.73 Å². The van der Waals surface area contributed by atoms with Gasteiger partial charge in [0.1, 0.15) is 12.2 Å². The minimum Gasteiger partial charge on any atom is -0.414 e. The molecule has 1 spiro atoms. The SMILES string of the molecule is CNC(=O)CCCCn1c(=O)c(C)cn([C@@H]2OC(CO[Si](C)(C)C(C)(C)C)C3(OS(=O)(=O)C=C3N)[C@H]2O[Si](C)(C)C(C)(C)C)c1=O. The van der Waals surface area contributed by atoms with Gasteiger partial charge in [-0.2, -0.15) is 8.42 Å². The van der Waals surface area contributed by atoms with Crippen molar-refractivity contribution in [3.8, 4) is 0 Å². The van der Waals surface area contributed by atoms with E-state index in [2.05, 4.69) is 39.2 Å². The van der Waals surface area contributed by atoms with Gasteiger partial charge in [-0.3, -0.25) is 18.7 Å². The third-order valence-electron chi connectivity index (χ3n) is 10.0. The van der Waals surface area contributed by atoms with Crippen molar-refractivity contribution in [1.82, 2.24) is 14.5 Å². The van der Waals surface area contributed by atoms with Gasteiger partial charge in [-0.25, -0.2) is 8.98 Å². The third kappa shape index (κ3) is 7.47. The normalized spacial score (nSPS) is 25.2. The van der Waals surface area contributed by atoms with E-state index in [9.17, 15) is 22.8 Å². The van der Waals surface area contributed by atoms with Gasteiger partial charge >= 0.3 is 5.69 Å². The quantitative estimate of drug-likeness (QED) is 0.198. The molecule has 1 saturated heterocycles. The first-order valence-electron chi connectivity index (χ1n) is 15.7. The van der Waals surface area contributed by atoms with Crippen molar-refractivity contribution in [3.63, 3.8) is 0 Å². The van der Waals surface area contributed by atoms with Crippen LogP contribution in [0.15, 0.2) is 26.9 Å². The Kier molecular flexibility index (Phi) is 10.9.